The van der Waals surface area contributed by atoms with Crippen LogP contribution in [0.4, 0.5) is 27.9 Å². The predicted octanol–water partition coefficient (Wildman–Crippen LogP) is -0.209. The molecule has 1 aliphatic rings. The van der Waals surface area contributed by atoms with E-state index in [1.54, 1.807) is 0 Å². The Balaban J connectivity index is 1.65. The third-order valence-electron chi connectivity index (χ3n) is 5.17. The summed E-state index contributed by atoms with van der Waals surface area (Å²) in [6.07, 6.45) is -2.03. The highest BCUT2D eigenvalue weighted by Gasteiger charge is 2.34. The fraction of sp³-hybridized carbons (Fsp3) is 0.300. The van der Waals surface area contributed by atoms with Gasteiger partial charge in [0.25, 0.3) is 11.5 Å². The molecule has 0 bridgehead atoms. The summed E-state index contributed by atoms with van der Waals surface area (Å²) in [5.41, 5.74) is 5.31. The van der Waals surface area contributed by atoms with E-state index in [0.29, 0.717) is 5.69 Å². The van der Waals surface area contributed by atoms with Crippen LogP contribution in [0.5, 0.6) is 0 Å². The number of aliphatic carboxylic acids is 2. The van der Waals surface area contributed by atoms with E-state index in [0.717, 1.165) is 4.90 Å². The van der Waals surface area contributed by atoms with Crippen LogP contribution in [0, 0.1) is 0 Å². The fourth-order valence-electron chi connectivity index (χ4n) is 3.48. The molecule has 186 valence electrons. The van der Waals surface area contributed by atoms with E-state index in [4.69, 9.17) is 10.8 Å². The summed E-state index contributed by atoms with van der Waals surface area (Å²) < 4.78 is 0. The van der Waals surface area contributed by atoms with Crippen molar-refractivity contribution >= 4 is 47.1 Å². The molecule has 15 heteroatoms. The van der Waals surface area contributed by atoms with Crippen LogP contribution in [0.2, 0.25) is 0 Å². The molecule has 35 heavy (non-hydrogen) atoms. The van der Waals surface area contributed by atoms with Gasteiger partial charge in [0.05, 0.1) is 6.04 Å². The SMILES string of the molecule is Nc1nc2c(c(=O)[nH]1)N(C(=O)O)C(CNc1ccc(C(=O)N[C@@H](CCC(=O)O)C(=O)O)cc1)CN2. The predicted molar refractivity (Wildman–Crippen MR) is 123 cm³/mol. The number of fused-ring (bicyclic) bond motifs is 1. The van der Waals surface area contributed by atoms with Gasteiger partial charge in [-0.25, -0.2) is 9.59 Å². The molecule has 3 rings (SSSR count). The molecule has 2 heterocycles. The Kier molecular flexibility index (Phi) is 7.38. The lowest BCUT2D eigenvalue weighted by Crippen LogP contribution is -2.52. The monoisotopic (exact) mass is 489 g/mol. The number of amides is 2. The van der Waals surface area contributed by atoms with Crippen molar-refractivity contribution < 1.29 is 34.5 Å². The van der Waals surface area contributed by atoms with Crippen LogP contribution in [0.1, 0.15) is 23.2 Å². The molecule has 0 spiro atoms. The van der Waals surface area contributed by atoms with Gasteiger partial charge in [-0.15, -0.1) is 0 Å². The van der Waals surface area contributed by atoms with Crippen LogP contribution in [0.25, 0.3) is 0 Å². The van der Waals surface area contributed by atoms with Gasteiger partial charge >= 0.3 is 18.0 Å². The zero-order valence-corrected chi connectivity index (χ0v) is 18.1. The van der Waals surface area contributed by atoms with Crippen molar-refractivity contribution in [2.45, 2.75) is 24.9 Å². The van der Waals surface area contributed by atoms with Gasteiger partial charge in [-0.1, -0.05) is 0 Å². The van der Waals surface area contributed by atoms with Gasteiger partial charge in [0.1, 0.15) is 6.04 Å². The van der Waals surface area contributed by atoms with Crippen LogP contribution < -0.4 is 32.1 Å². The van der Waals surface area contributed by atoms with E-state index in [1.165, 1.54) is 24.3 Å². The van der Waals surface area contributed by atoms with Crippen molar-refractivity contribution in [2.75, 3.05) is 34.4 Å². The lowest BCUT2D eigenvalue weighted by molar-refractivity contribution is -0.140. The van der Waals surface area contributed by atoms with Gasteiger partial charge in [-0.3, -0.25) is 24.3 Å². The number of nitrogens with one attached hydrogen (secondary N) is 4. The maximum absolute atomic E-state index is 12.3. The summed E-state index contributed by atoms with van der Waals surface area (Å²) in [6, 6.07) is 3.88. The first kappa shape index (κ1) is 24.8. The highest BCUT2D eigenvalue weighted by molar-refractivity contribution is 5.97. The largest absolute Gasteiger partial charge is 0.481 e. The van der Waals surface area contributed by atoms with E-state index < -0.39 is 48.0 Å². The summed E-state index contributed by atoms with van der Waals surface area (Å²) in [7, 11) is 0. The van der Waals surface area contributed by atoms with Crippen LogP contribution in [-0.4, -0.2) is 74.4 Å². The Bertz CT molecular complexity index is 1200. The second-order valence-electron chi connectivity index (χ2n) is 7.59. The molecule has 2 amide bonds. The molecule has 1 unspecified atom stereocenters. The lowest BCUT2D eigenvalue weighted by atomic mass is 10.1. The topological polar surface area (TPSA) is 240 Å². The van der Waals surface area contributed by atoms with Crippen molar-refractivity contribution in [3.05, 3.63) is 40.2 Å². The zero-order valence-electron chi connectivity index (χ0n) is 18.1. The summed E-state index contributed by atoms with van der Waals surface area (Å²) >= 11 is 0. The molecule has 9 N–H and O–H groups in total. The van der Waals surface area contributed by atoms with E-state index in [1.807, 2.05) is 0 Å². The number of carboxylic acids is 2. The Morgan fingerprint density at radius 1 is 1.17 bits per heavy atom. The maximum atomic E-state index is 12.3. The fourth-order valence-corrected chi connectivity index (χ4v) is 3.48. The smallest absolute Gasteiger partial charge is 0.412 e. The second-order valence-corrected chi connectivity index (χ2v) is 7.59. The number of aromatic amines is 1. The first-order valence-electron chi connectivity index (χ1n) is 10.3. The Morgan fingerprint density at radius 3 is 2.46 bits per heavy atom. The number of carbonyl (C=O) groups excluding carboxylic acids is 1. The first-order valence-corrected chi connectivity index (χ1v) is 10.3. The molecule has 0 radical (unpaired) electrons. The number of anilines is 4. The lowest BCUT2D eigenvalue weighted by Gasteiger charge is -2.34. The molecule has 1 aromatic carbocycles. The van der Waals surface area contributed by atoms with Gasteiger partial charge in [0.2, 0.25) is 5.95 Å². The van der Waals surface area contributed by atoms with Gasteiger partial charge in [-0.2, -0.15) is 4.98 Å². The molecule has 0 fully saturated rings. The van der Waals surface area contributed by atoms with E-state index in [2.05, 4.69) is 25.9 Å². The van der Waals surface area contributed by atoms with Crippen molar-refractivity contribution in [1.82, 2.24) is 15.3 Å². The zero-order chi connectivity index (χ0) is 25.7. The van der Waals surface area contributed by atoms with Crippen molar-refractivity contribution in [3.8, 4) is 0 Å². The van der Waals surface area contributed by atoms with Gasteiger partial charge in [-0.05, 0) is 30.7 Å². The van der Waals surface area contributed by atoms with E-state index in [9.17, 15) is 34.2 Å². The van der Waals surface area contributed by atoms with Crippen molar-refractivity contribution in [3.63, 3.8) is 0 Å². The van der Waals surface area contributed by atoms with Crippen molar-refractivity contribution in [1.29, 1.82) is 0 Å². The molecule has 0 saturated carbocycles. The number of carboxylic acid groups (broad SMARTS) is 3. The molecule has 0 saturated heterocycles. The summed E-state index contributed by atoms with van der Waals surface area (Å²) in [5, 5.41) is 35.7. The highest BCUT2D eigenvalue weighted by Crippen LogP contribution is 2.26. The Labute approximate surface area is 197 Å². The molecule has 2 atom stereocenters. The summed E-state index contributed by atoms with van der Waals surface area (Å²) in [5.74, 6) is -3.30. The Hall–Kier alpha value is -4.82. The normalized spacial score (nSPS) is 15.3. The number of benzene rings is 1. The van der Waals surface area contributed by atoms with Crippen LogP contribution in [0.3, 0.4) is 0 Å². The minimum atomic E-state index is -1.35. The van der Waals surface area contributed by atoms with Gasteiger partial charge in [0, 0.05) is 30.8 Å². The van der Waals surface area contributed by atoms with Gasteiger partial charge in [0.15, 0.2) is 11.5 Å². The average molecular weight is 489 g/mol. The summed E-state index contributed by atoms with van der Waals surface area (Å²) in [4.78, 5) is 65.5. The maximum Gasteiger partial charge on any atom is 0.412 e. The minimum Gasteiger partial charge on any atom is -0.481 e. The number of rotatable bonds is 9. The number of aromatic nitrogens is 2. The number of nitrogens with zero attached hydrogens (tertiary/aromatic N) is 2. The molecular formula is C20H23N7O8. The summed E-state index contributed by atoms with van der Waals surface area (Å²) in [6.45, 7) is 0.250. The third-order valence-corrected chi connectivity index (χ3v) is 5.17. The van der Waals surface area contributed by atoms with Crippen LogP contribution in [0.15, 0.2) is 29.1 Å². The molecule has 1 aliphatic heterocycles. The molecule has 2 aromatic rings. The van der Waals surface area contributed by atoms with Gasteiger partial charge < -0.3 is 37.0 Å². The second kappa shape index (κ2) is 10.4. The number of nitrogens with two attached hydrogens (primary N) is 1. The van der Waals surface area contributed by atoms with E-state index in [-0.39, 0.29) is 42.5 Å². The minimum absolute atomic E-state index is 0.0586. The number of hydrogen-bond acceptors (Lipinski definition) is 9. The van der Waals surface area contributed by atoms with Crippen LogP contribution >= 0.6 is 0 Å². The quantitative estimate of drug-likeness (QED) is 0.228. The number of carbonyl (C=O) groups is 4. The third kappa shape index (κ3) is 5.95. The van der Waals surface area contributed by atoms with Crippen LogP contribution in [-0.2, 0) is 9.59 Å². The standard InChI is InChI=1S/C20H23N7O8/c21-19-25-15-14(17(31)26-19)27(20(34)35)11(8-23-15)7-22-10-3-1-9(2-4-10)16(30)24-12(18(32)33)5-6-13(28)29/h1-4,11-12,22H,5-8H2,(H,24,30)(H,28,29)(H,32,33)(H,34,35)(H4,21,23,25,26,31)/t11?,12-/m0/s1. The number of hydrogen-bond donors (Lipinski definition) is 8. The first-order chi connectivity index (χ1) is 16.6. The number of H-pyrrole nitrogens is 1. The number of nitrogen functional groups attached to an aromatic ring is 1. The van der Waals surface area contributed by atoms with E-state index >= 15 is 0 Å². The molecule has 0 aliphatic carbocycles. The molecular weight excluding hydrogens is 466 g/mol. The Morgan fingerprint density at radius 2 is 1.86 bits per heavy atom. The molecule has 1 aromatic heterocycles. The highest BCUT2D eigenvalue weighted by atomic mass is 16.4. The average Bonchev–Trinajstić information content (AvgIpc) is 2.79. The molecule has 15 nitrogen and oxygen atoms in total. The van der Waals surface area contributed by atoms with Crippen molar-refractivity contribution in [2.24, 2.45) is 0 Å².